The van der Waals surface area contributed by atoms with Gasteiger partial charge in [-0.15, -0.1) is 0 Å². The summed E-state index contributed by atoms with van der Waals surface area (Å²) in [6, 6.07) is 5.11. The van der Waals surface area contributed by atoms with Crippen molar-refractivity contribution in [1.82, 2.24) is 34.5 Å². The van der Waals surface area contributed by atoms with Crippen molar-refractivity contribution < 1.29 is 5.11 Å². The molecule has 0 saturated carbocycles. The van der Waals surface area contributed by atoms with Crippen molar-refractivity contribution in [3.05, 3.63) is 55.4 Å². The van der Waals surface area contributed by atoms with Crippen molar-refractivity contribution in [2.45, 2.75) is 18.7 Å². The predicted octanol–water partition coefficient (Wildman–Crippen LogP) is -0.0849. The molecule has 0 fully saturated rings. The zero-order valence-corrected chi connectivity index (χ0v) is 10.6. The summed E-state index contributed by atoms with van der Waals surface area (Å²) >= 11 is 0. The average Bonchev–Trinajstić information content (AvgIpc) is 3.14. The van der Waals surface area contributed by atoms with Gasteiger partial charge in [0.25, 0.3) is 0 Å². The smallest absolute Gasteiger partial charge is 0.137 e. The van der Waals surface area contributed by atoms with Gasteiger partial charge >= 0.3 is 0 Å². The molecule has 3 aromatic heterocycles. The highest BCUT2D eigenvalue weighted by Gasteiger charge is 2.25. The van der Waals surface area contributed by atoms with E-state index in [0.29, 0.717) is 12.2 Å². The summed E-state index contributed by atoms with van der Waals surface area (Å²) in [4.78, 5) is 12.1. The van der Waals surface area contributed by atoms with Crippen LogP contribution in [0.2, 0.25) is 0 Å². The number of aromatic nitrogens is 7. The van der Waals surface area contributed by atoms with Gasteiger partial charge in [-0.25, -0.2) is 14.6 Å². The SMILES string of the molecule is OC(Cn1cncn1)C(c1ccccn1)n1cncn1. The van der Waals surface area contributed by atoms with Crippen LogP contribution in [0.15, 0.2) is 49.7 Å². The van der Waals surface area contributed by atoms with Gasteiger partial charge in [0, 0.05) is 6.20 Å². The molecule has 3 aromatic rings. The van der Waals surface area contributed by atoms with Crippen LogP contribution in [0.1, 0.15) is 11.7 Å². The maximum atomic E-state index is 10.5. The van der Waals surface area contributed by atoms with E-state index in [0.717, 1.165) is 0 Å². The van der Waals surface area contributed by atoms with E-state index in [9.17, 15) is 5.11 Å². The first-order valence-corrected chi connectivity index (χ1v) is 6.10. The summed E-state index contributed by atoms with van der Waals surface area (Å²) in [6.45, 7) is 0.293. The van der Waals surface area contributed by atoms with Crippen LogP contribution in [0.4, 0.5) is 0 Å². The molecular formula is C12H13N7O. The van der Waals surface area contributed by atoms with Crippen molar-refractivity contribution in [1.29, 1.82) is 0 Å². The zero-order chi connectivity index (χ0) is 13.8. The van der Waals surface area contributed by atoms with Gasteiger partial charge in [-0.2, -0.15) is 10.2 Å². The van der Waals surface area contributed by atoms with Crippen LogP contribution in [0.25, 0.3) is 0 Å². The van der Waals surface area contributed by atoms with E-state index in [1.165, 1.54) is 12.7 Å². The van der Waals surface area contributed by atoms with Gasteiger partial charge in [-0.1, -0.05) is 6.07 Å². The third-order valence-corrected chi connectivity index (χ3v) is 2.92. The molecule has 102 valence electrons. The number of pyridine rings is 1. The quantitative estimate of drug-likeness (QED) is 0.697. The third-order valence-electron chi connectivity index (χ3n) is 2.92. The molecule has 8 nitrogen and oxygen atoms in total. The van der Waals surface area contributed by atoms with Crippen molar-refractivity contribution in [3.63, 3.8) is 0 Å². The maximum absolute atomic E-state index is 10.5. The minimum Gasteiger partial charge on any atom is -0.389 e. The average molecular weight is 271 g/mol. The van der Waals surface area contributed by atoms with Gasteiger partial charge in [-0.05, 0) is 12.1 Å². The third kappa shape index (κ3) is 2.54. The molecule has 3 heterocycles. The Hall–Kier alpha value is -2.61. The maximum Gasteiger partial charge on any atom is 0.137 e. The predicted molar refractivity (Wildman–Crippen MR) is 68.4 cm³/mol. The van der Waals surface area contributed by atoms with Crippen LogP contribution in [-0.4, -0.2) is 45.7 Å². The van der Waals surface area contributed by atoms with Crippen LogP contribution < -0.4 is 0 Å². The Morgan fingerprint density at radius 2 is 1.95 bits per heavy atom. The molecule has 3 rings (SSSR count). The van der Waals surface area contributed by atoms with Gasteiger partial charge in [0.05, 0.1) is 12.2 Å². The molecule has 0 aliphatic heterocycles. The minimum absolute atomic E-state index is 0.293. The molecule has 8 heteroatoms. The first kappa shape index (κ1) is 12.4. The van der Waals surface area contributed by atoms with E-state index in [2.05, 4.69) is 25.1 Å². The minimum atomic E-state index is -0.756. The summed E-state index contributed by atoms with van der Waals surface area (Å²) in [5, 5.41) is 18.6. The molecule has 0 spiro atoms. The second kappa shape index (κ2) is 5.57. The van der Waals surface area contributed by atoms with Gasteiger partial charge in [0.15, 0.2) is 0 Å². The molecular weight excluding hydrogens is 258 g/mol. The molecule has 0 saturated heterocycles. The Morgan fingerprint density at radius 1 is 1.10 bits per heavy atom. The summed E-state index contributed by atoms with van der Waals surface area (Å²) in [7, 11) is 0. The molecule has 0 aliphatic rings. The van der Waals surface area contributed by atoms with E-state index < -0.39 is 12.1 Å². The van der Waals surface area contributed by atoms with Crippen molar-refractivity contribution in [3.8, 4) is 0 Å². The van der Waals surface area contributed by atoms with E-state index in [1.807, 2.05) is 18.2 Å². The fraction of sp³-hybridized carbons (Fsp3) is 0.250. The second-order valence-corrected chi connectivity index (χ2v) is 4.26. The second-order valence-electron chi connectivity index (χ2n) is 4.26. The Bertz CT molecular complexity index is 623. The monoisotopic (exact) mass is 271 g/mol. The summed E-state index contributed by atoms with van der Waals surface area (Å²) in [5.74, 6) is 0. The normalized spacial score (nSPS) is 14.1. The molecule has 0 amide bonds. The number of rotatable bonds is 5. The molecule has 0 radical (unpaired) electrons. The topological polar surface area (TPSA) is 94.5 Å². The molecule has 0 aromatic carbocycles. The number of nitrogens with zero attached hydrogens (tertiary/aromatic N) is 7. The highest BCUT2D eigenvalue weighted by atomic mass is 16.3. The van der Waals surface area contributed by atoms with Gasteiger partial charge in [0.2, 0.25) is 0 Å². The van der Waals surface area contributed by atoms with Crippen molar-refractivity contribution in [2.24, 2.45) is 0 Å². The van der Waals surface area contributed by atoms with Crippen LogP contribution in [0, 0.1) is 0 Å². The van der Waals surface area contributed by atoms with E-state index >= 15 is 0 Å². The lowest BCUT2D eigenvalue weighted by Crippen LogP contribution is -2.30. The summed E-state index contributed by atoms with van der Waals surface area (Å²) < 4.78 is 3.15. The van der Waals surface area contributed by atoms with Gasteiger partial charge < -0.3 is 5.11 Å². The Labute approximate surface area is 114 Å². The standard InChI is InChI=1S/C12H13N7O/c20-11(5-18-8-13-6-16-18)12(19-9-14-7-17-19)10-3-1-2-4-15-10/h1-4,6-9,11-12,20H,5H2. The fourth-order valence-corrected chi connectivity index (χ4v) is 2.04. The summed E-state index contributed by atoms with van der Waals surface area (Å²) in [6.07, 6.45) is 6.90. The molecule has 20 heavy (non-hydrogen) atoms. The lowest BCUT2D eigenvalue weighted by Gasteiger charge is -2.22. The highest BCUT2D eigenvalue weighted by molar-refractivity contribution is 5.11. The van der Waals surface area contributed by atoms with Gasteiger partial charge in [0.1, 0.15) is 37.5 Å². The molecule has 2 atom stereocenters. The van der Waals surface area contributed by atoms with Gasteiger partial charge in [-0.3, -0.25) is 9.67 Å². The molecule has 0 aliphatic carbocycles. The zero-order valence-electron chi connectivity index (χ0n) is 10.6. The lowest BCUT2D eigenvalue weighted by molar-refractivity contribution is 0.100. The van der Waals surface area contributed by atoms with Crippen LogP contribution in [0.5, 0.6) is 0 Å². The lowest BCUT2D eigenvalue weighted by atomic mass is 10.1. The number of hydrogen-bond acceptors (Lipinski definition) is 6. The largest absolute Gasteiger partial charge is 0.389 e. The molecule has 0 bridgehead atoms. The number of aliphatic hydroxyl groups excluding tert-OH is 1. The summed E-state index contributed by atoms with van der Waals surface area (Å²) in [5.41, 5.74) is 0.714. The van der Waals surface area contributed by atoms with E-state index in [4.69, 9.17) is 0 Å². The van der Waals surface area contributed by atoms with Crippen LogP contribution >= 0.6 is 0 Å². The first-order valence-electron chi connectivity index (χ1n) is 6.10. The first-order chi connectivity index (χ1) is 9.84. The van der Waals surface area contributed by atoms with E-state index in [1.54, 1.807) is 28.2 Å². The number of aliphatic hydroxyl groups is 1. The molecule has 1 N–H and O–H groups in total. The Kier molecular flexibility index (Phi) is 3.46. The van der Waals surface area contributed by atoms with Crippen LogP contribution in [-0.2, 0) is 6.54 Å². The van der Waals surface area contributed by atoms with Crippen molar-refractivity contribution in [2.75, 3.05) is 0 Å². The van der Waals surface area contributed by atoms with Crippen molar-refractivity contribution >= 4 is 0 Å². The highest BCUT2D eigenvalue weighted by Crippen LogP contribution is 2.19. The number of hydrogen-bond donors (Lipinski definition) is 1. The Balaban J connectivity index is 1.90. The van der Waals surface area contributed by atoms with Crippen LogP contribution in [0.3, 0.4) is 0 Å². The Morgan fingerprint density at radius 3 is 2.60 bits per heavy atom. The van der Waals surface area contributed by atoms with E-state index in [-0.39, 0.29) is 0 Å². The fourth-order valence-electron chi connectivity index (χ4n) is 2.04. The molecule has 2 unspecified atom stereocenters.